The molecule has 0 radical (unpaired) electrons. The Morgan fingerprint density at radius 3 is 2.46 bits per heavy atom. The summed E-state index contributed by atoms with van der Waals surface area (Å²) in [5.74, 6) is -0.168. The molecule has 0 aliphatic rings. The lowest BCUT2D eigenvalue weighted by Crippen LogP contribution is -2.16. The second-order valence-corrected chi connectivity index (χ2v) is 7.28. The first-order chi connectivity index (χ1) is 11.4. The third-order valence-corrected chi connectivity index (χ3v) is 5.48. The Bertz CT molecular complexity index is 1010. The van der Waals surface area contributed by atoms with Gasteiger partial charge in [0.15, 0.2) is 4.80 Å². The summed E-state index contributed by atoms with van der Waals surface area (Å²) in [7, 11) is 0. The van der Waals surface area contributed by atoms with E-state index in [1.807, 2.05) is 32.0 Å². The minimum Gasteiger partial charge on any atom is -0.317 e. The van der Waals surface area contributed by atoms with Crippen LogP contribution < -0.4 is 4.80 Å². The topological polar surface area (TPSA) is 34.4 Å². The molecule has 0 bridgehead atoms. The van der Waals surface area contributed by atoms with Gasteiger partial charge >= 0.3 is 0 Å². The number of carbonyl (C=O) groups is 1. The van der Waals surface area contributed by atoms with Gasteiger partial charge in [0.05, 0.1) is 10.2 Å². The lowest BCUT2D eigenvalue weighted by atomic mass is 10.1. The van der Waals surface area contributed by atoms with E-state index in [0.717, 1.165) is 28.0 Å². The maximum absolute atomic E-state index is 12.7. The molecule has 0 unspecified atom stereocenters. The summed E-state index contributed by atoms with van der Waals surface area (Å²) in [6, 6.07) is 10.3. The largest absolute Gasteiger partial charge is 0.317 e. The number of rotatable bonds is 2. The molecule has 0 fully saturated rings. The van der Waals surface area contributed by atoms with Gasteiger partial charge in [0, 0.05) is 12.1 Å². The van der Waals surface area contributed by atoms with Crippen molar-refractivity contribution in [2.45, 2.75) is 41.2 Å². The van der Waals surface area contributed by atoms with Crippen LogP contribution >= 0.6 is 11.3 Å². The molecule has 1 heterocycles. The van der Waals surface area contributed by atoms with E-state index in [-0.39, 0.29) is 5.91 Å². The predicted molar refractivity (Wildman–Crippen MR) is 101 cm³/mol. The summed E-state index contributed by atoms with van der Waals surface area (Å²) in [5, 5.41) is 0. The highest BCUT2D eigenvalue weighted by molar-refractivity contribution is 7.16. The molecule has 124 valence electrons. The first-order valence-corrected chi connectivity index (χ1v) is 8.99. The maximum atomic E-state index is 12.7. The average Bonchev–Trinajstić information content (AvgIpc) is 2.86. The van der Waals surface area contributed by atoms with Crippen LogP contribution in [0.15, 0.2) is 35.3 Å². The van der Waals surface area contributed by atoms with Crippen molar-refractivity contribution in [3.63, 3.8) is 0 Å². The maximum Gasteiger partial charge on any atom is 0.279 e. The standard InChI is InChI=1S/C20H22N2OS/c1-6-22-17-10-14(4)15(5)11-18(17)24-20(22)21-19(23)16-9-12(2)7-8-13(16)3/h7-11H,6H2,1-5H3. The second kappa shape index (κ2) is 6.36. The molecule has 3 nitrogen and oxygen atoms in total. The molecule has 0 atom stereocenters. The van der Waals surface area contributed by atoms with E-state index < -0.39 is 0 Å². The van der Waals surface area contributed by atoms with Crippen LogP contribution in [-0.2, 0) is 6.54 Å². The fourth-order valence-electron chi connectivity index (χ4n) is 2.83. The summed E-state index contributed by atoms with van der Waals surface area (Å²) in [5.41, 5.74) is 6.39. The van der Waals surface area contributed by atoms with Crippen molar-refractivity contribution in [2.75, 3.05) is 0 Å². The van der Waals surface area contributed by atoms with Gasteiger partial charge in [0.1, 0.15) is 0 Å². The SMILES string of the molecule is CCn1c(=NC(=O)c2cc(C)ccc2C)sc2cc(C)c(C)cc21. The molecule has 3 rings (SSSR count). The Hall–Kier alpha value is -2.20. The average molecular weight is 338 g/mol. The lowest BCUT2D eigenvalue weighted by molar-refractivity contribution is 0.0997. The predicted octanol–water partition coefficient (Wildman–Crippen LogP) is 4.70. The highest BCUT2D eigenvalue weighted by Crippen LogP contribution is 2.22. The molecular weight excluding hydrogens is 316 g/mol. The van der Waals surface area contributed by atoms with Gasteiger partial charge in [-0.2, -0.15) is 4.99 Å². The van der Waals surface area contributed by atoms with Gasteiger partial charge in [0.25, 0.3) is 5.91 Å². The monoisotopic (exact) mass is 338 g/mol. The van der Waals surface area contributed by atoms with Crippen molar-refractivity contribution in [1.82, 2.24) is 4.57 Å². The Balaban J connectivity index is 2.19. The second-order valence-electron chi connectivity index (χ2n) is 6.27. The summed E-state index contributed by atoms with van der Waals surface area (Å²) in [6.45, 7) is 11.1. The van der Waals surface area contributed by atoms with Crippen LogP contribution in [0.4, 0.5) is 0 Å². The highest BCUT2D eigenvalue weighted by Gasteiger charge is 2.11. The first kappa shape index (κ1) is 16.7. The van der Waals surface area contributed by atoms with Crippen LogP contribution in [0, 0.1) is 27.7 Å². The van der Waals surface area contributed by atoms with Crippen molar-refractivity contribution >= 4 is 27.5 Å². The molecule has 4 heteroatoms. The quantitative estimate of drug-likeness (QED) is 0.667. The van der Waals surface area contributed by atoms with Crippen molar-refractivity contribution in [2.24, 2.45) is 4.99 Å². The van der Waals surface area contributed by atoms with E-state index >= 15 is 0 Å². The van der Waals surface area contributed by atoms with Gasteiger partial charge in [-0.05, 0) is 69.5 Å². The molecule has 1 amide bonds. The van der Waals surface area contributed by atoms with Crippen molar-refractivity contribution in [3.8, 4) is 0 Å². The number of nitrogens with zero attached hydrogens (tertiary/aromatic N) is 2. The molecule has 0 saturated carbocycles. The van der Waals surface area contributed by atoms with Crippen molar-refractivity contribution in [1.29, 1.82) is 0 Å². The van der Waals surface area contributed by atoms with Crippen molar-refractivity contribution in [3.05, 3.63) is 63.0 Å². The number of benzene rings is 2. The number of hydrogen-bond donors (Lipinski definition) is 0. The molecule has 2 aromatic carbocycles. The molecule has 0 aliphatic heterocycles. The molecular formula is C20H22N2OS. The van der Waals surface area contributed by atoms with Gasteiger partial charge in [-0.15, -0.1) is 0 Å². The number of aromatic nitrogens is 1. The van der Waals surface area contributed by atoms with E-state index in [2.05, 4.69) is 42.5 Å². The van der Waals surface area contributed by atoms with Gasteiger partial charge < -0.3 is 4.57 Å². The number of thiazole rings is 1. The Kier molecular flexibility index (Phi) is 4.41. The third kappa shape index (κ3) is 2.94. The zero-order valence-electron chi connectivity index (χ0n) is 14.8. The summed E-state index contributed by atoms with van der Waals surface area (Å²) in [4.78, 5) is 17.9. The fraction of sp³-hybridized carbons (Fsp3) is 0.300. The fourth-order valence-corrected chi connectivity index (χ4v) is 4.00. The Morgan fingerprint density at radius 2 is 1.75 bits per heavy atom. The van der Waals surface area contributed by atoms with Gasteiger partial charge in [0.2, 0.25) is 0 Å². The van der Waals surface area contributed by atoms with Gasteiger partial charge in [-0.3, -0.25) is 4.79 Å². The minimum absolute atomic E-state index is 0.168. The number of carbonyl (C=O) groups excluding carboxylic acids is 1. The minimum atomic E-state index is -0.168. The van der Waals surface area contributed by atoms with E-state index in [1.165, 1.54) is 15.8 Å². The van der Waals surface area contributed by atoms with E-state index in [4.69, 9.17) is 0 Å². The molecule has 3 aromatic rings. The Morgan fingerprint density at radius 1 is 1.04 bits per heavy atom. The summed E-state index contributed by atoms with van der Waals surface area (Å²) in [6.07, 6.45) is 0. The zero-order chi connectivity index (χ0) is 17.4. The van der Waals surface area contributed by atoms with Crippen LogP contribution in [0.2, 0.25) is 0 Å². The zero-order valence-corrected chi connectivity index (χ0v) is 15.6. The van der Waals surface area contributed by atoms with E-state index in [0.29, 0.717) is 5.56 Å². The van der Waals surface area contributed by atoms with Crippen molar-refractivity contribution < 1.29 is 4.79 Å². The smallest absolute Gasteiger partial charge is 0.279 e. The number of aryl methyl sites for hydroxylation is 5. The Labute approximate surface area is 146 Å². The van der Waals surface area contributed by atoms with Gasteiger partial charge in [-0.25, -0.2) is 0 Å². The third-order valence-electron chi connectivity index (χ3n) is 4.44. The molecule has 0 aliphatic carbocycles. The van der Waals surface area contributed by atoms with Crippen LogP contribution in [0.3, 0.4) is 0 Å². The first-order valence-electron chi connectivity index (χ1n) is 8.17. The molecule has 0 N–H and O–H groups in total. The number of amides is 1. The summed E-state index contributed by atoms with van der Waals surface area (Å²) >= 11 is 1.58. The number of hydrogen-bond acceptors (Lipinski definition) is 2. The highest BCUT2D eigenvalue weighted by atomic mass is 32.1. The van der Waals surface area contributed by atoms with Crippen LogP contribution in [0.1, 0.15) is 39.5 Å². The van der Waals surface area contributed by atoms with Gasteiger partial charge in [-0.1, -0.05) is 29.0 Å². The lowest BCUT2D eigenvalue weighted by Gasteiger charge is -2.04. The normalized spacial score (nSPS) is 12.1. The number of fused-ring (bicyclic) bond motifs is 1. The van der Waals surface area contributed by atoms with Crippen LogP contribution in [0.5, 0.6) is 0 Å². The van der Waals surface area contributed by atoms with E-state index in [1.54, 1.807) is 11.3 Å². The molecule has 0 spiro atoms. The van der Waals surface area contributed by atoms with Crippen LogP contribution in [0.25, 0.3) is 10.2 Å². The molecule has 1 aromatic heterocycles. The summed E-state index contributed by atoms with van der Waals surface area (Å²) < 4.78 is 3.29. The molecule has 0 saturated heterocycles. The van der Waals surface area contributed by atoms with E-state index in [9.17, 15) is 4.79 Å². The molecule has 24 heavy (non-hydrogen) atoms. The van der Waals surface area contributed by atoms with Crippen LogP contribution in [-0.4, -0.2) is 10.5 Å².